The fraction of sp³-hybridized carbons (Fsp3) is 0.571. The lowest BCUT2D eigenvalue weighted by Crippen LogP contribution is -2.57. The van der Waals surface area contributed by atoms with Gasteiger partial charge in [0.15, 0.2) is 0 Å². The Morgan fingerprint density at radius 1 is 0.719 bits per heavy atom. The third-order valence-electron chi connectivity index (χ3n) is 11.0. The molecule has 15 nitrogen and oxygen atoms in total. The lowest BCUT2D eigenvalue weighted by Gasteiger charge is -2.35. The number of nitrogens with zero attached hydrogens (tertiary/aromatic N) is 6. The van der Waals surface area contributed by atoms with Crippen molar-refractivity contribution in [1.82, 2.24) is 40.8 Å². The van der Waals surface area contributed by atoms with E-state index in [0.29, 0.717) is 57.0 Å². The van der Waals surface area contributed by atoms with Crippen molar-refractivity contribution in [3.63, 3.8) is 0 Å². The number of pyridine rings is 2. The van der Waals surface area contributed by atoms with E-state index in [1.54, 1.807) is 43.4 Å². The molecule has 2 fully saturated rings. The molecule has 5 rings (SSSR count). The summed E-state index contributed by atoms with van der Waals surface area (Å²) in [6, 6.07) is 6.50. The lowest BCUT2D eigenvalue weighted by molar-refractivity contribution is -0.154. The average Bonchev–Trinajstić information content (AvgIpc) is 3.73. The maximum absolute atomic E-state index is 12.9. The molecule has 0 unspecified atom stereocenters. The van der Waals surface area contributed by atoms with Gasteiger partial charge in [-0.15, -0.1) is 10.2 Å². The van der Waals surface area contributed by atoms with Gasteiger partial charge in [-0.3, -0.25) is 49.6 Å². The highest BCUT2D eigenvalue weighted by molar-refractivity contribution is 6.38. The molecule has 2 atom stereocenters. The van der Waals surface area contributed by atoms with E-state index >= 15 is 0 Å². The first-order valence-electron chi connectivity index (χ1n) is 20.1. The third-order valence-corrected chi connectivity index (χ3v) is 11.0. The lowest BCUT2D eigenvalue weighted by atomic mass is 9.84. The van der Waals surface area contributed by atoms with Crippen LogP contribution < -0.4 is 10.9 Å². The Hall–Kier alpha value is -5.34. The van der Waals surface area contributed by atoms with E-state index in [1.807, 2.05) is 52.1 Å². The molecule has 4 amide bonds. The molecule has 5 heterocycles. The van der Waals surface area contributed by atoms with E-state index in [2.05, 4.69) is 31.0 Å². The minimum atomic E-state index is -0.768. The van der Waals surface area contributed by atoms with Crippen molar-refractivity contribution in [2.24, 2.45) is 10.8 Å². The van der Waals surface area contributed by atoms with Crippen LogP contribution in [0.15, 0.2) is 53.5 Å². The number of hydrazine groups is 1. The molecule has 57 heavy (non-hydrogen) atoms. The van der Waals surface area contributed by atoms with Gasteiger partial charge >= 0.3 is 0 Å². The SMILES string of the molecule is CCC(C)(C)C(=O)C(=O)N1CCCC[C@H]1C(=O)NNC(=O)CCc1cccnc1.CCC(C)(C)C(=O)C(=O)N1CCCC[C@H]1c1nnc(CCc2cccnc2)o1. The van der Waals surface area contributed by atoms with Crippen LogP contribution in [0.25, 0.3) is 0 Å². The number of Topliss-reactive ketones (excluding diaryl/α,β-unsaturated/α-hetero) is 2. The van der Waals surface area contributed by atoms with E-state index in [1.165, 1.54) is 4.90 Å². The van der Waals surface area contributed by atoms with E-state index in [0.717, 1.165) is 49.7 Å². The second kappa shape index (κ2) is 20.7. The first kappa shape index (κ1) is 44.4. The predicted molar refractivity (Wildman–Crippen MR) is 211 cm³/mol. The molecule has 0 spiro atoms. The van der Waals surface area contributed by atoms with Crippen molar-refractivity contribution >= 4 is 35.2 Å². The number of carbonyl (C=O) groups excluding carboxylic acids is 6. The zero-order valence-corrected chi connectivity index (χ0v) is 34.2. The Balaban J connectivity index is 0.000000253. The summed E-state index contributed by atoms with van der Waals surface area (Å²) in [6.07, 6.45) is 14.7. The van der Waals surface area contributed by atoms with Crippen molar-refractivity contribution in [3.05, 3.63) is 72.0 Å². The van der Waals surface area contributed by atoms with Gasteiger partial charge in [0.1, 0.15) is 12.1 Å². The number of ketones is 2. The standard InChI is InChI=1S/C21H30N4O4.C21H28N4O3/c1-4-21(2,3)18(27)20(29)25-13-6-5-9-16(25)19(28)24-23-17(26)11-10-15-8-7-12-22-14-15;1-4-21(2,3)18(26)20(27)25-13-6-5-9-16(25)19-24-23-17(28-19)11-10-15-8-7-12-22-14-15/h7-8,12,14,16H,4-6,9-11,13H2,1-3H3,(H,23,26)(H,24,28);7-8,12,14,16H,4-6,9-11,13H2,1-3H3/t2*16-/m00/s1. The number of hydrogen-bond donors (Lipinski definition) is 2. The second-order valence-electron chi connectivity index (χ2n) is 15.9. The van der Waals surface area contributed by atoms with Gasteiger partial charge in [-0.05, 0) is 87.5 Å². The van der Waals surface area contributed by atoms with Crippen LogP contribution in [-0.2, 0) is 48.0 Å². The van der Waals surface area contributed by atoms with Crippen LogP contribution in [-0.4, -0.2) is 84.3 Å². The molecule has 3 aromatic heterocycles. The maximum Gasteiger partial charge on any atom is 0.291 e. The molecular formula is C42H58N8O7. The number of aromatic nitrogens is 4. The second-order valence-corrected chi connectivity index (χ2v) is 15.9. The number of nitrogens with one attached hydrogen (secondary N) is 2. The smallest absolute Gasteiger partial charge is 0.291 e. The molecule has 0 radical (unpaired) electrons. The summed E-state index contributed by atoms with van der Waals surface area (Å²) in [4.78, 5) is 86.5. The number of aryl methyl sites for hydroxylation is 3. The molecule has 0 aromatic carbocycles. The van der Waals surface area contributed by atoms with Crippen molar-refractivity contribution in [2.45, 2.75) is 131 Å². The van der Waals surface area contributed by atoms with Crippen molar-refractivity contribution in [1.29, 1.82) is 0 Å². The summed E-state index contributed by atoms with van der Waals surface area (Å²) < 4.78 is 5.87. The van der Waals surface area contributed by atoms with Gasteiger partial charge in [-0.2, -0.15) is 0 Å². The highest BCUT2D eigenvalue weighted by atomic mass is 16.4. The minimum absolute atomic E-state index is 0.197. The van der Waals surface area contributed by atoms with Crippen LogP contribution >= 0.6 is 0 Å². The van der Waals surface area contributed by atoms with Crippen LogP contribution in [0.1, 0.15) is 128 Å². The molecule has 308 valence electrons. The van der Waals surface area contributed by atoms with E-state index in [9.17, 15) is 28.8 Å². The molecule has 2 N–H and O–H groups in total. The first-order valence-corrected chi connectivity index (χ1v) is 20.1. The fourth-order valence-corrected chi connectivity index (χ4v) is 6.42. The Morgan fingerprint density at radius 2 is 1.28 bits per heavy atom. The Bertz CT molecular complexity index is 1830. The fourth-order valence-electron chi connectivity index (χ4n) is 6.42. The molecule has 15 heteroatoms. The number of piperidine rings is 2. The molecule has 2 aliphatic rings. The molecule has 0 aliphatic carbocycles. The minimum Gasteiger partial charge on any atom is -0.423 e. The molecule has 3 aromatic rings. The van der Waals surface area contributed by atoms with Gasteiger partial charge in [-0.25, -0.2) is 0 Å². The van der Waals surface area contributed by atoms with E-state index in [-0.39, 0.29) is 24.2 Å². The highest BCUT2D eigenvalue weighted by Gasteiger charge is 2.41. The number of amides is 4. The van der Waals surface area contributed by atoms with E-state index < -0.39 is 40.4 Å². The third kappa shape index (κ3) is 12.3. The summed E-state index contributed by atoms with van der Waals surface area (Å²) in [7, 11) is 0. The Morgan fingerprint density at radius 3 is 1.86 bits per heavy atom. The van der Waals surface area contributed by atoms with Crippen LogP contribution in [0.5, 0.6) is 0 Å². The molecule has 0 saturated carbocycles. The van der Waals surface area contributed by atoms with Crippen LogP contribution in [0, 0.1) is 10.8 Å². The normalized spacial score (nSPS) is 17.2. The van der Waals surface area contributed by atoms with Crippen molar-refractivity contribution in [3.8, 4) is 0 Å². The zero-order valence-electron chi connectivity index (χ0n) is 34.2. The molecular weight excluding hydrogens is 729 g/mol. The molecule has 2 aliphatic heterocycles. The Kier molecular flexibility index (Phi) is 16.1. The summed E-state index contributed by atoms with van der Waals surface area (Å²) in [6.45, 7) is 11.8. The predicted octanol–water partition coefficient (Wildman–Crippen LogP) is 4.86. The summed E-state index contributed by atoms with van der Waals surface area (Å²) >= 11 is 0. The van der Waals surface area contributed by atoms with Gasteiger partial charge in [0.05, 0.1) is 0 Å². The van der Waals surface area contributed by atoms with Gasteiger partial charge in [0.2, 0.25) is 29.3 Å². The van der Waals surface area contributed by atoms with Crippen molar-refractivity contribution < 1.29 is 33.2 Å². The van der Waals surface area contributed by atoms with Crippen LogP contribution in [0.3, 0.4) is 0 Å². The first-order chi connectivity index (χ1) is 27.2. The van der Waals surface area contributed by atoms with Crippen molar-refractivity contribution in [2.75, 3.05) is 13.1 Å². The number of rotatable bonds is 14. The van der Waals surface area contributed by atoms with Crippen LogP contribution in [0.4, 0.5) is 0 Å². The summed E-state index contributed by atoms with van der Waals surface area (Å²) in [5, 5.41) is 8.34. The topological polar surface area (TPSA) is 198 Å². The summed E-state index contributed by atoms with van der Waals surface area (Å²) in [5.74, 6) is -1.74. The molecule has 2 saturated heterocycles. The Labute approximate surface area is 335 Å². The number of likely N-dealkylation sites (tertiary alicyclic amines) is 2. The van der Waals surface area contributed by atoms with Gasteiger partial charge in [-0.1, -0.05) is 53.7 Å². The van der Waals surface area contributed by atoms with Gasteiger partial charge < -0.3 is 14.2 Å². The van der Waals surface area contributed by atoms with E-state index in [4.69, 9.17) is 4.42 Å². The van der Waals surface area contributed by atoms with Gasteiger partial charge in [0.25, 0.3) is 17.7 Å². The number of carbonyl (C=O) groups is 6. The maximum atomic E-state index is 12.9. The quantitative estimate of drug-likeness (QED) is 0.167. The molecule has 0 bridgehead atoms. The van der Waals surface area contributed by atoms with Gasteiger partial charge in [0, 0.05) is 61.5 Å². The monoisotopic (exact) mass is 786 g/mol. The largest absolute Gasteiger partial charge is 0.423 e. The number of hydrogen-bond acceptors (Lipinski definition) is 11. The average molecular weight is 787 g/mol. The van der Waals surface area contributed by atoms with Crippen LogP contribution in [0.2, 0.25) is 0 Å². The highest BCUT2D eigenvalue weighted by Crippen LogP contribution is 2.33. The zero-order chi connectivity index (χ0) is 41.6. The summed E-state index contributed by atoms with van der Waals surface area (Å²) in [5.41, 5.74) is 5.40.